The average Bonchev–Trinajstić information content (AvgIpc) is 3.35. The largest absolute Gasteiger partial charge is 0.499 e. The quantitative estimate of drug-likeness (QED) is 0.375. The maximum atomic E-state index is 12.8. The summed E-state index contributed by atoms with van der Waals surface area (Å²) in [6.45, 7) is 0. The van der Waals surface area contributed by atoms with Gasteiger partial charge in [0, 0.05) is 31.6 Å². The third-order valence-electron chi connectivity index (χ3n) is 4.34. The first kappa shape index (κ1) is 18.8. The van der Waals surface area contributed by atoms with Crippen LogP contribution in [0.4, 0.5) is 0 Å². The van der Waals surface area contributed by atoms with Gasteiger partial charge in [-0.05, 0) is 41.5 Å². The molecule has 4 rings (SSSR count). The van der Waals surface area contributed by atoms with Crippen molar-refractivity contribution in [3.8, 4) is 5.06 Å². The number of benzene rings is 2. The molecule has 2 N–H and O–H groups in total. The number of aromatic hydroxyl groups is 1. The minimum Gasteiger partial charge on any atom is -0.499 e. The number of hydrogen-bond acceptors (Lipinski definition) is 5. The fraction of sp³-hybridized carbons (Fsp3) is 0.0455. The van der Waals surface area contributed by atoms with Crippen LogP contribution in [0.5, 0.6) is 5.06 Å². The topological polar surface area (TPSA) is 49.3 Å². The molecule has 0 unspecified atom stereocenters. The fourth-order valence-electron chi connectivity index (χ4n) is 2.96. The highest BCUT2D eigenvalue weighted by Gasteiger charge is 2.18. The summed E-state index contributed by atoms with van der Waals surface area (Å²) in [7, 11) is 0. The standard InChI is InChI=1S/C22H17NO2S3/c1-26-15-10-8-14(9-11-15)17(18-7-4-12-27-18)13-23-21(24)20-16-5-2-3-6-19(16)28-22(20)25/h2-13,25H,1H3,(H,23,24). The Bertz CT molecular complexity index is 1140. The van der Waals surface area contributed by atoms with E-state index in [4.69, 9.17) is 0 Å². The highest BCUT2D eigenvalue weighted by molar-refractivity contribution is 7.98. The van der Waals surface area contributed by atoms with Gasteiger partial charge in [-0.25, -0.2) is 0 Å². The molecule has 6 heteroatoms. The Morgan fingerprint density at radius 1 is 1.07 bits per heavy atom. The van der Waals surface area contributed by atoms with E-state index >= 15 is 0 Å². The lowest BCUT2D eigenvalue weighted by Gasteiger charge is -2.08. The number of amides is 1. The first-order chi connectivity index (χ1) is 13.7. The highest BCUT2D eigenvalue weighted by Crippen LogP contribution is 2.36. The van der Waals surface area contributed by atoms with Gasteiger partial charge in [-0.2, -0.15) is 0 Å². The normalized spacial score (nSPS) is 11.7. The lowest BCUT2D eigenvalue weighted by atomic mass is 10.1. The first-order valence-electron chi connectivity index (χ1n) is 8.57. The molecule has 0 saturated carbocycles. The van der Waals surface area contributed by atoms with Crippen LogP contribution >= 0.6 is 34.4 Å². The van der Waals surface area contributed by atoms with E-state index in [1.54, 1.807) is 29.3 Å². The number of hydrogen-bond donors (Lipinski definition) is 2. The lowest BCUT2D eigenvalue weighted by Crippen LogP contribution is -2.17. The average molecular weight is 424 g/mol. The second kappa shape index (κ2) is 8.22. The van der Waals surface area contributed by atoms with Crippen LogP contribution in [0.3, 0.4) is 0 Å². The number of thioether (sulfide) groups is 1. The third-order valence-corrected chi connectivity index (χ3v) is 6.96. The monoisotopic (exact) mass is 423 g/mol. The van der Waals surface area contributed by atoms with Crippen molar-refractivity contribution in [1.82, 2.24) is 5.32 Å². The van der Waals surface area contributed by atoms with E-state index in [0.29, 0.717) is 5.56 Å². The van der Waals surface area contributed by atoms with Gasteiger partial charge in [-0.1, -0.05) is 47.7 Å². The highest BCUT2D eigenvalue weighted by atomic mass is 32.2. The number of thiophene rings is 2. The van der Waals surface area contributed by atoms with E-state index in [-0.39, 0.29) is 11.0 Å². The van der Waals surface area contributed by atoms with Crippen LogP contribution in [0, 0.1) is 0 Å². The van der Waals surface area contributed by atoms with Crippen molar-refractivity contribution in [2.45, 2.75) is 4.90 Å². The Labute approximate surface area is 175 Å². The lowest BCUT2D eigenvalue weighted by molar-refractivity contribution is 0.0970. The third kappa shape index (κ3) is 3.71. The van der Waals surface area contributed by atoms with Gasteiger partial charge in [0.15, 0.2) is 5.06 Å². The van der Waals surface area contributed by atoms with Crippen LogP contribution in [-0.4, -0.2) is 17.3 Å². The van der Waals surface area contributed by atoms with Gasteiger partial charge < -0.3 is 10.4 Å². The predicted octanol–water partition coefficient (Wildman–Crippen LogP) is 6.21. The first-order valence-corrected chi connectivity index (χ1v) is 11.5. The van der Waals surface area contributed by atoms with Crippen molar-refractivity contribution in [2.75, 3.05) is 6.26 Å². The van der Waals surface area contributed by atoms with Gasteiger partial charge in [-0.15, -0.1) is 23.1 Å². The molecule has 28 heavy (non-hydrogen) atoms. The van der Waals surface area contributed by atoms with Crippen LogP contribution in [0.25, 0.3) is 15.7 Å². The van der Waals surface area contributed by atoms with E-state index in [0.717, 1.165) is 26.1 Å². The molecular formula is C22H17NO2S3. The molecule has 0 saturated heterocycles. The van der Waals surface area contributed by atoms with Gasteiger partial charge in [0.05, 0.1) is 0 Å². The van der Waals surface area contributed by atoms with Crippen molar-refractivity contribution >= 4 is 56.0 Å². The molecule has 0 bridgehead atoms. The zero-order chi connectivity index (χ0) is 19.5. The molecule has 0 atom stereocenters. The minimum atomic E-state index is -0.315. The van der Waals surface area contributed by atoms with E-state index in [2.05, 4.69) is 29.6 Å². The van der Waals surface area contributed by atoms with Crippen LogP contribution < -0.4 is 5.32 Å². The van der Waals surface area contributed by atoms with Crippen LogP contribution in [0.2, 0.25) is 0 Å². The van der Waals surface area contributed by atoms with Crippen LogP contribution in [0.1, 0.15) is 20.8 Å². The van der Waals surface area contributed by atoms with Crippen LogP contribution in [-0.2, 0) is 0 Å². The molecule has 0 aliphatic rings. The summed E-state index contributed by atoms with van der Waals surface area (Å²) >= 11 is 4.52. The van der Waals surface area contributed by atoms with Crippen molar-refractivity contribution in [3.63, 3.8) is 0 Å². The Hall–Kier alpha value is -2.54. The number of rotatable bonds is 5. The fourth-order valence-corrected chi connectivity index (χ4v) is 5.07. The van der Waals surface area contributed by atoms with Crippen LogP contribution in [0.15, 0.2) is 77.1 Å². The molecule has 4 aromatic rings. The Morgan fingerprint density at radius 2 is 1.86 bits per heavy atom. The van der Waals surface area contributed by atoms with Gasteiger partial charge >= 0.3 is 0 Å². The van der Waals surface area contributed by atoms with Gasteiger partial charge in [0.25, 0.3) is 5.91 Å². The van der Waals surface area contributed by atoms with E-state index in [9.17, 15) is 9.90 Å². The molecule has 0 radical (unpaired) electrons. The predicted molar refractivity (Wildman–Crippen MR) is 121 cm³/mol. The summed E-state index contributed by atoms with van der Waals surface area (Å²) in [5, 5.41) is 16.0. The maximum Gasteiger partial charge on any atom is 0.260 e. The molecule has 2 aromatic heterocycles. The summed E-state index contributed by atoms with van der Waals surface area (Å²) < 4.78 is 0.889. The Morgan fingerprint density at radius 3 is 2.57 bits per heavy atom. The molecule has 0 aliphatic heterocycles. The van der Waals surface area contributed by atoms with Crippen molar-refractivity contribution in [2.24, 2.45) is 0 Å². The number of fused-ring (bicyclic) bond motifs is 1. The zero-order valence-corrected chi connectivity index (χ0v) is 17.5. The number of carbonyl (C=O) groups is 1. The molecular weight excluding hydrogens is 406 g/mol. The van der Waals surface area contributed by atoms with Crippen molar-refractivity contribution in [3.05, 3.63) is 88.2 Å². The SMILES string of the molecule is CSc1ccc(C(=CNC(=O)c2c(O)sc3ccccc23)c2cccs2)cc1. The summed E-state index contributed by atoms with van der Waals surface area (Å²) in [5.74, 6) is -0.315. The molecule has 0 aliphatic carbocycles. The summed E-state index contributed by atoms with van der Waals surface area (Å²) in [4.78, 5) is 15.1. The smallest absolute Gasteiger partial charge is 0.260 e. The number of carbonyl (C=O) groups excluding carboxylic acids is 1. The van der Waals surface area contributed by atoms with Crippen molar-refractivity contribution < 1.29 is 9.90 Å². The summed E-state index contributed by atoms with van der Waals surface area (Å²) in [6, 6.07) is 19.8. The molecule has 3 nitrogen and oxygen atoms in total. The van der Waals surface area contributed by atoms with E-state index in [1.165, 1.54) is 16.2 Å². The summed E-state index contributed by atoms with van der Waals surface area (Å²) in [6.07, 6.45) is 3.77. The maximum absolute atomic E-state index is 12.8. The molecule has 140 valence electrons. The number of nitrogens with one attached hydrogen (secondary N) is 1. The van der Waals surface area contributed by atoms with Gasteiger partial charge in [0.1, 0.15) is 5.56 Å². The van der Waals surface area contributed by atoms with E-state index in [1.807, 2.05) is 48.0 Å². The molecule has 2 heterocycles. The summed E-state index contributed by atoms with van der Waals surface area (Å²) in [5.41, 5.74) is 2.29. The Kier molecular flexibility index (Phi) is 5.52. The molecule has 2 aromatic carbocycles. The van der Waals surface area contributed by atoms with Gasteiger partial charge in [-0.3, -0.25) is 4.79 Å². The van der Waals surface area contributed by atoms with Crippen molar-refractivity contribution in [1.29, 1.82) is 0 Å². The zero-order valence-electron chi connectivity index (χ0n) is 15.0. The Balaban J connectivity index is 1.69. The van der Waals surface area contributed by atoms with Gasteiger partial charge in [0.2, 0.25) is 0 Å². The van der Waals surface area contributed by atoms with E-state index < -0.39 is 0 Å². The molecule has 0 fully saturated rings. The molecule has 1 amide bonds. The second-order valence-electron chi connectivity index (χ2n) is 6.02. The molecule has 0 spiro atoms. The second-order valence-corrected chi connectivity index (χ2v) is 8.87. The minimum absolute atomic E-state index is 0.0362.